The Labute approximate surface area is 123 Å². The lowest BCUT2D eigenvalue weighted by molar-refractivity contribution is -0.113. The molecule has 2 heterocycles. The first-order valence-electron chi connectivity index (χ1n) is 5.86. The quantitative estimate of drug-likeness (QED) is 0.723. The SMILES string of the molecule is Cc1cccc2sc(NC(=O)CSc3ncn[nH]3)nc12. The summed E-state index contributed by atoms with van der Waals surface area (Å²) in [6, 6.07) is 5.99. The van der Waals surface area contributed by atoms with Crippen LogP contribution in [0, 0.1) is 6.92 Å². The number of carbonyl (C=O) groups is 1. The molecule has 0 unspecified atom stereocenters. The average Bonchev–Trinajstić information content (AvgIpc) is 3.05. The van der Waals surface area contributed by atoms with Crippen LogP contribution in [-0.4, -0.2) is 31.8 Å². The third kappa shape index (κ3) is 2.81. The second-order valence-electron chi connectivity index (χ2n) is 4.07. The van der Waals surface area contributed by atoms with Gasteiger partial charge in [0.05, 0.1) is 16.0 Å². The Morgan fingerprint density at radius 1 is 1.50 bits per heavy atom. The number of aromatic nitrogens is 4. The van der Waals surface area contributed by atoms with Gasteiger partial charge in [-0.1, -0.05) is 35.2 Å². The molecule has 0 aliphatic carbocycles. The van der Waals surface area contributed by atoms with Gasteiger partial charge in [-0.3, -0.25) is 9.89 Å². The van der Waals surface area contributed by atoms with Crippen LogP contribution in [-0.2, 0) is 4.79 Å². The third-order valence-electron chi connectivity index (χ3n) is 2.60. The van der Waals surface area contributed by atoms with Crippen molar-refractivity contribution in [3.8, 4) is 0 Å². The molecule has 8 heteroatoms. The minimum absolute atomic E-state index is 0.108. The Bertz CT molecular complexity index is 737. The highest BCUT2D eigenvalue weighted by Gasteiger charge is 2.10. The first-order chi connectivity index (χ1) is 9.72. The van der Waals surface area contributed by atoms with Gasteiger partial charge in [-0.15, -0.1) is 0 Å². The number of nitrogens with one attached hydrogen (secondary N) is 2. The normalized spacial score (nSPS) is 10.8. The van der Waals surface area contributed by atoms with Crippen molar-refractivity contribution in [2.45, 2.75) is 12.1 Å². The summed E-state index contributed by atoms with van der Waals surface area (Å²) < 4.78 is 1.07. The number of nitrogens with zero attached hydrogens (tertiary/aromatic N) is 3. The van der Waals surface area contributed by atoms with Crippen LogP contribution < -0.4 is 5.32 Å². The molecular weight excluding hydrogens is 294 g/mol. The van der Waals surface area contributed by atoms with Crippen molar-refractivity contribution < 1.29 is 4.79 Å². The Balaban J connectivity index is 1.66. The molecule has 0 saturated heterocycles. The first kappa shape index (κ1) is 13.1. The summed E-state index contributed by atoms with van der Waals surface area (Å²) in [7, 11) is 0. The maximum absolute atomic E-state index is 11.8. The zero-order chi connectivity index (χ0) is 13.9. The molecule has 0 aliphatic heterocycles. The highest BCUT2D eigenvalue weighted by molar-refractivity contribution is 7.99. The number of carbonyl (C=O) groups excluding carboxylic acids is 1. The molecule has 1 aromatic carbocycles. The second-order valence-corrected chi connectivity index (χ2v) is 6.06. The van der Waals surface area contributed by atoms with E-state index in [-0.39, 0.29) is 11.7 Å². The van der Waals surface area contributed by atoms with Crippen LogP contribution in [0.2, 0.25) is 0 Å². The minimum Gasteiger partial charge on any atom is -0.301 e. The number of para-hydroxylation sites is 1. The van der Waals surface area contributed by atoms with Gasteiger partial charge in [0, 0.05) is 0 Å². The van der Waals surface area contributed by atoms with Crippen LogP contribution in [0.4, 0.5) is 5.13 Å². The summed E-state index contributed by atoms with van der Waals surface area (Å²) in [5.74, 6) is 0.160. The van der Waals surface area contributed by atoms with E-state index in [9.17, 15) is 4.79 Å². The van der Waals surface area contributed by atoms with Crippen LogP contribution >= 0.6 is 23.1 Å². The van der Waals surface area contributed by atoms with Crippen LogP contribution in [0.25, 0.3) is 10.2 Å². The third-order valence-corrected chi connectivity index (χ3v) is 4.41. The number of thioether (sulfide) groups is 1. The summed E-state index contributed by atoms with van der Waals surface area (Å²) in [5, 5.41) is 10.5. The van der Waals surface area contributed by atoms with Crippen LogP contribution in [0.5, 0.6) is 0 Å². The summed E-state index contributed by atoms with van der Waals surface area (Å²) in [4.78, 5) is 20.2. The maximum atomic E-state index is 11.8. The lowest BCUT2D eigenvalue weighted by Gasteiger charge is -1.99. The van der Waals surface area contributed by atoms with Gasteiger partial charge in [0.25, 0.3) is 0 Å². The molecule has 6 nitrogen and oxygen atoms in total. The molecule has 3 aromatic rings. The van der Waals surface area contributed by atoms with Crippen molar-refractivity contribution in [3.05, 3.63) is 30.1 Å². The lowest BCUT2D eigenvalue weighted by atomic mass is 10.2. The number of hydrogen-bond acceptors (Lipinski definition) is 6. The van der Waals surface area contributed by atoms with Gasteiger partial charge in [-0.05, 0) is 18.6 Å². The number of amides is 1. The summed E-state index contributed by atoms with van der Waals surface area (Å²) in [6.07, 6.45) is 1.41. The molecule has 0 bridgehead atoms. The first-order valence-corrected chi connectivity index (χ1v) is 7.67. The molecular formula is C12H11N5OS2. The van der Waals surface area contributed by atoms with E-state index in [1.165, 1.54) is 29.4 Å². The molecule has 2 aromatic heterocycles. The summed E-state index contributed by atoms with van der Waals surface area (Å²) in [5.41, 5.74) is 2.05. The number of aryl methyl sites for hydroxylation is 1. The van der Waals surface area contributed by atoms with Crippen LogP contribution in [0.3, 0.4) is 0 Å². The highest BCUT2D eigenvalue weighted by Crippen LogP contribution is 2.28. The molecule has 0 aliphatic rings. The van der Waals surface area contributed by atoms with E-state index < -0.39 is 0 Å². The molecule has 0 radical (unpaired) electrons. The van der Waals surface area contributed by atoms with E-state index in [1.807, 2.05) is 25.1 Å². The second kappa shape index (κ2) is 5.59. The lowest BCUT2D eigenvalue weighted by Crippen LogP contribution is -2.13. The Morgan fingerprint density at radius 2 is 2.40 bits per heavy atom. The average molecular weight is 305 g/mol. The molecule has 0 saturated carbocycles. The number of anilines is 1. The Hall–Kier alpha value is -1.93. The topological polar surface area (TPSA) is 83.6 Å². The van der Waals surface area contributed by atoms with Gasteiger partial charge < -0.3 is 5.32 Å². The number of benzene rings is 1. The van der Waals surface area contributed by atoms with Gasteiger partial charge in [0.1, 0.15) is 6.33 Å². The van der Waals surface area contributed by atoms with Gasteiger partial charge >= 0.3 is 0 Å². The monoisotopic (exact) mass is 305 g/mol. The standard InChI is InChI=1S/C12H11N5OS2/c1-7-3-2-4-8-10(7)16-12(20-8)15-9(18)5-19-11-13-6-14-17-11/h2-4,6H,5H2,1H3,(H,13,14,17)(H,15,16,18). The summed E-state index contributed by atoms with van der Waals surface area (Å²) in [6.45, 7) is 2.01. The molecule has 0 atom stereocenters. The predicted octanol–water partition coefficient (Wildman–Crippen LogP) is 2.45. The van der Waals surface area contributed by atoms with Crippen molar-refractivity contribution in [3.63, 3.8) is 0 Å². The van der Waals surface area contributed by atoms with Crippen LogP contribution in [0.15, 0.2) is 29.7 Å². The van der Waals surface area contributed by atoms with Gasteiger partial charge in [-0.25, -0.2) is 9.97 Å². The zero-order valence-corrected chi connectivity index (χ0v) is 12.2. The Kier molecular flexibility index (Phi) is 3.66. The van der Waals surface area contributed by atoms with Crippen molar-refractivity contribution in [2.75, 3.05) is 11.1 Å². The number of aromatic amines is 1. The number of thiazole rings is 1. The largest absolute Gasteiger partial charge is 0.301 e. The fourth-order valence-electron chi connectivity index (χ4n) is 1.69. The van der Waals surface area contributed by atoms with E-state index in [1.54, 1.807) is 0 Å². The fraction of sp³-hybridized carbons (Fsp3) is 0.167. The van der Waals surface area contributed by atoms with E-state index in [4.69, 9.17) is 0 Å². The summed E-state index contributed by atoms with van der Waals surface area (Å²) >= 11 is 2.78. The van der Waals surface area contributed by atoms with Gasteiger partial charge in [0.2, 0.25) is 5.91 Å². The minimum atomic E-state index is -0.108. The smallest absolute Gasteiger partial charge is 0.236 e. The van der Waals surface area contributed by atoms with E-state index in [0.717, 1.165) is 15.8 Å². The van der Waals surface area contributed by atoms with E-state index >= 15 is 0 Å². The van der Waals surface area contributed by atoms with Crippen molar-refractivity contribution in [1.82, 2.24) is 20.2 Å². The Morgan fingerprint density at radius 3 is 3.15 bits per heavy atom. The molecule has 0 spiro atoms. The highest BCUT2D eigenvalue weighted by atomic mass is 32.2. The zero-order valence-electron chi connectivity index (χ0n) is 10.6. The number of hydrogen-bond donors (Lipinski definition) is 2. The van der Waals surface area contributed by atoms with Gasteiger partial charge in [-0.2, -0.15) is 5.10 Å². The molecule has 1 amide bonds. The van der Waals surface area contributed by atoms with Crippen molar-refractivity contribution >= 4 is 44.4 Å². The van der Waals surface area contributed by atoms with Crippen LogP contribution in [0.1, 0.15) is 5.56 Å². The van der Waals surface area contributed by atoms with Gasteiger partial charge in [0.15, 0.2) is 10.3 Å². The van der Waals surface area contributed by atoms with E-state index in [2.05, 4.69) is 25.5 Å². The molecule has 102 valence electrons. The maximum Gasteiger partial charge on any atom is 0.236 e. The molecule has 3 rings (SSSR count). The predicted molar refractivity (Wildman–Crippen MR) is 80.1 cm³/mol. The number of H-pyrrole nitrogens is 1. The van der Waals surface area contributed by atoms with Crippen molar-refractivity contribution in [2.24, 2.45) is 0 Å². The molecule has 2 N–H and O–H groups in total. The fourth-order valence-corrected chi connectivity index (χ4v) is 3.23. The number of fused-ring (bicyclic) bond motifs is 1. The number of rotatable bonds is 4. The van der Waals surface area contributed by atoms with E-state index in [0.29, 0.717) is 10.3 Å². The van der Waals surface area contributed by atoms with Crippen molar-refractivity contribution in [1.29, 1.82) is 0 Å². The molecule has 0 fully saturated rings. The molecule has 20 heavy (non-hydrogen) atoms.